The number of hydrogen-bond donors (Lipinski definition) is 18. The van der Waals surface area contributed by atoms with Crippen LogP contribution in [0.25, 0.3) is 0 Å². The van der Waals surface area contributed by atoms with Gasteiger partial charge in [0.05, 0.1) is 0 Å². The van der Waals surface area contributed by atoms with Gasteiger partial charge in [-0.1, -0.05) is 0 Å². The first-order valence-electron chi connectivity index (χ1n) is 18.6. The van der Waals surface area contributed by atoms with E-state index in [0.717, 1.165) is 0 Å². The number of aromatic nitrogens is 24. The van der Waals surface area contributed by atoms with Crippen LogP contribution in [0.5, 0.6) is 0 Å². The Morgan fingerprint density at radius 1 is 0.181 bits per heavy atom. The highest BCUT2D eigenvalue weighted by Gasteiger charge is 2.45. The lowest BCUT2D eigenvalue weighted by molar-refractivity contribution is 0.554. The van der Waals surface area contributed by atoms with Crippen molar-refractivity contribution in [2.45, 2.75) is 0 Å². The number of nitrogens with two attached hydrogens (primary N) is 16. The average molecular weight is 995 g/mol. The van der Waals surface area contributed by atoms with Crippen molar-refractivity contribution in [1.29, 1.82) is 0 Å². The third kappa shape index (κ3) is 9.91. The Kier molecular flexibility index (Phi) is 11.4. The maximum atomic E-state index is 6.28. The van der Waals surface area contributed by atoms with Crippen molar-refractivity contribution in [3.63, 3.8) is 0 Å². The molecule has 0 saturated heterocycles. The minimum absolute atomic E-state index is 0.444. The van der Waals surface area contributed by atoms with Gasteiger partial charge in [-0.05, 0) is 0 Å². The number of anilines is 24. The number of nitrogens with zero attached hydrogens (tertiary/aromatic N) is 30. The Morgan fingerprint density at radius 2 is 0.333 bits per heavy atom. The van der Waals surface area contributed by atoms with Gasteiger partial charge in [-0.2, -0.15) is 120 Å². The summed E-state index contributed by atoms with van der Waals surface area (Å²) < 4.78 is 0. The van der Waals surface area contributed by atoms with Gasteiger partial charge in [0.15, 0.2) is 0 Å². The molecule has 0 radical (unpaired) electrons. The van der Waals surface area contributed by atoms with Gasteiger partial charge in [-0.25, -0.2) is 10.9 Å². The van der Waals surface area contributed by atoms with E-state index in [-0.39, 0.29) is 0 Å². The van der Waals surface area contributed by atoms with E-state index in [1.807, 2.05) is 0 Å². The topological polar surface area (TPSA) is 769 Å². The molecule has 48 heteroatoms. The Balaban J connectivity index is 1.59. The zero-order valence-corrected chi connectivity index (χ0v) is 35.7. The largest absolute Gasteiger partial charge is 0.368 e. The van der Waals surface area contributed by atoms with E-state index in [1.54, 1.807) is 0 Å². The van der Waals surface area contributed by atoms with Crippen molar-refractivity contribution in [3.8, 4) is 0 Å². The molecular formula is C24H34N48. The Morgan fingerprint density at radius 3 is 0.528 bits per heavy atom. The molecule has 0 fully saturated rings. The predicted octanol–water partition coefficient (Wildman–Crippen LogP) is -9.55. The molecule has 0 spiro atoms. The molecule has 8 rings (SSSR count). The van der Waals surface area contributed by atoms with Gasteiger partial charge in [-0.3, -0.25) is 0 Å². The SMILES string of the molecule is Nc1nc(N)nc(NN(c2nc(N)nc(N)n2)N(c2nc(N)nc(N)n2)N(c2nc(N)nc(N)n2)N(c2nc(N)nc(N)n2)N(c2nc(N)nc(N)n2)N(Nc2nc(N)nc(N)n2)c2nc(N)nc(N)n2)n1. The fourth-order valence-corrected chi connectivity index (χ4v) is 5.42. The summed E-state index contributed by atoms with van der Waals surface area (Å²) in [5.41, 5.74) is 104. The fourth-order valence-electron chi connectivity index (χ4n) is 5.42. The average Bonchev–Trinajstić information content (AvgIpc) is 3.23. The van der Waals surface area contributed by atoms with Gasteiger partial charge in [0.25, 0.3) is 35.7 Å². The summed E-state index contributed by atoms with van der Waals surface area (Å²) in [5, 5.41) is 4.15. The Labute approximate surface area is 395 Å². The molecule has 370 valence electrons. The van der Waals surface area contributed by atoms with Gasteiger partial charge in [0, 0.05) is 0 Å². The third-order valence-corrected chi connectivity index (χ3v) is 7.71. The molecule has 72 heavy (non-hydrogen) atoms. The molecule has 0 aliphatic carbocycles. The van der Waals surface area contributed by atoms with Gasteiger partial charge in [-0.15, -0.1) is 30.7 Å². The normalized spacial score (nSPS) is 10.8. The van der Waals surface area contributed by atoms with Crippen LogP contribution in [0.4, 0.5) is 143 Å². The quantitative estimate of drug-likeness (QED) is 0.0424. The summed E-state index contributed by atoms with van der Waals surface area (Å²) in [6.07, 6.45) is 0. The first-order valence-corrected chi connectivity index (χ1v) is 18.6. The maximum absolute atomic E-state index is 6.28. The van der Waals surface area contributed by atoms with E-state index >= 15 is 0 Å². The fraction of sp³-hybridized carbons (Fsp3) is 0. The molecule has 34 N–H and O–H groups in total. The summed E-state index contributed by atoms with van der Waals surface area (Å²) in [6.45, 7) is 0. The van der Waals surface area contributed by atoms with Crippen LogP contribution in [-0.4, -0.2) is 120 Å². The summed E-state index contributed by atoms with van der Waals surface area (Å²) >= 11 is 0. The Bertz CT molecular complexity index is 2930. The minimum atomic E-state index is -0.796. The van der Waals surface area contributed by atoms with Crippen molar-refractivity contribution in [2.24, 2.45) is 0 Å². The highest BCUT2D eigenvalue weighted by Crippen LogP contribution is 2.33. The zero-order valence-electron chi connectivity index (χ0n) is 35.7. The molecule has 0 bridgehead atoms. The van der Waals surface area contributed by atoms with Crippen LogP contribution in [0.1, 0.15) is 0 Å². The van der Waals surface area contributed by atoms with E-state index in [0.29, 0.717) is 30.7 Å². The number of rotatable bonds is 15. The van der Waals surface area contributed by atoms with Crippen LogP contribution >= 0.6 is 0 Å². The number of nitrogens with one attached hydrogen (secondary N) is 2. The second-order valence-corrected chi connectivity index (χ2v) is 12.9. The highest BCUT2D eigenvalue weighted by molar-refractivity contribution is 5.68. The number of hydrazine groups is 7. The lowest BCUT2D eigenvalue weighted by Crippen LogP contribution is -2.72. The van der Waals surface area contributed by atoms with E-state index in [1.165, 1.54) is 0 Å². The molecule has 0 aromatic carbocycles. The second kappa shape index (κ2) is 17.9. The first kappa shape index (κ1) is 45.8. The molecule has 8 heterocycles. The smallest absolute Gasteiger partial charge is 0.275 e. The van der Waals surface area contributed by atoms with E-state index in [4.69, 9.17) is 91.7 Å². The molecule has 0 atom stereocenters. The third-order valence-electron chi connectivity index (χ3n) is 7.71. The van der Waals surface area contributed by atoms with E-state index < -0.39 is 143 Å². The minimum Gasteiger partial charge on any atom is -0.368 e. The molecule has 0 aliphatic heterocycles. The summed E-state index contributed by atoms with van der Waals surface area (Å²) in [6, 6.07) is 0. The number of nitrogen functional groups attached to an aromatic ring is 16. The molecule has 0 amide bonds. The van der Waals surface area contributed by atoms with Gasteiger partial charge < -0.3 is 91.7 Å². The maximum Gasteiger partial charge on any atom is 0.275 e. The Hall–Kier alpha value is -12.7. The molecular weight excluding hydrogens is 961 g/mol. The standard InChI is InChI=1S/C24H34N48/c25-1-41-2(26)50-17(49-1)65-67(19-53-5(29)43-6(30)54-19)69(21-57-9(33)45-10(34)58-21)71(23-61-13(37)47-14(38)62-23)72(24-63-15(39)48-16(40)64-24)70(22-59-11(35)46-12(36)60-22)68(20-55-7(31)44-8(32)56-20)66-18-51-3(27)42-4(28)52-18/h(H4,29,30,43,53,54)(H4,31,32,44,55,56)(H4,33,34,45,57,58)(H4,35,36,46,59,60)(H4,37,38,47,61,62)(H4,39,40,48,63,64)(H5,25,26,41,49,50,65)(H5,27,28,42,51,52,66). The van der Waals surface area contributed by atoms with Gasteiger partial charge in [0.2, 0.25) is 107 Å². The summed E-state index contributed by atoms with van der Waals surface area (Å²) in [5.74, 6) is -14.1. The summed E-state index contributed by atoms with van der Waals surface area (Å²) in [4.78, 5) is 98.9. The van der Waals surface area contributed by atoms with E-state index in [2.05, 4.69) is 130 Å². The monoisotopic (exact) mass is 994 g/mol. The second-order valence-electron chi connectivity index (χ2n) is 12.9. The van der Waals surface area contributed by atoms with Crippen molar-refractivity contribution in [1.82, 2.24) is 120 Å². The predicted molar refractivity (Wildman–Crippen MR) is 251 cm³/mol. The van der Waals surface area contributed by atoms with Crippen LogP contribution < -0.4 is 133 Å². The van der Waals surface area contributed by atoms with Crippen LogP contribution in [0.2, 0.25) is 0 Å². The van der Waals surface area contributed by atoms with Gasteiger partial charge >= 0.3 is 0 Å². The van der Waals surface area contributed by atoms with Crippen LogP contribution in [0, 0.1) is 0 Å². The molecule has 8 aromatic rings. The van der Waals surface area contributed by atoms with Crippen LogP contribution in [-0.2, 0) is 0 Å². The van der Waals surface area contributed by atoms with Crippen LogP contribution in [0.15, 0.2) is 0 Å². The van der Waals surface area contributed by atoms with E-state index in [9.17, 15) is 0 Å². The number of hydrogen-bond acceptors (Lipinski definition) is 48. The molecule has 0 unspecified atom stereocenters. The molecule has 0 saturated carbocycles. The lowest BCUT2D eigenvalue weighted by Gasteiger charge is -2.48. The van der Waals surface area contributed by atoms with Crippen molar-refractivity contribution < 1.29 is 0 Å². The first-order chi connectivity index (χ1) is 34.1. The molecule has 48 nitrogen and oxygen atoms in total. The molecule has 0 aliphatic rings. The lowest BCUT2D eigenvalue weighted by atomic mass is 10.7. The van der Waals surface area contributed by atoms with Crippen molar-refractivity contribution in [2.75, 3.05) is 133 Å². The highest BCUT2D eigenvalue weighted by atomic mass is 16.2. The van der Waals surface area contributed by atoms with Crippen LogP contribution in [0.3, 0.4) is 0 Å². The zero-order chi connectivity index (χ0) is 51.7. The van der Waals surface area contributed by atoms with Crippen molar-refractivity contribution >= 4 is 143 Å². The van der Waals surface area contributed by atoms with Crippen molar-refractivity contribution in [3.05, 3.63) is 0 Å². The summed E-state index contributed by atoms with van der Waals surface area (Å²) in [7, 11) is 0. The van der Waals surface area contributed by atoms with Gasteiger partial charge in [0.1, 0.15) is 0 Å². The molecule has 8 aromatic heterocycles.